The predicted molar refractivity (Wildman–Crippen MR) is 74.5 cm³/mol. The van der Waals surface area contributed by atoms with Gasteiger partial charge in [0.1, 0.15) is 19.0 Å². The van der Waals surface area contributed by atoms with Crippen molar-refractivity contribution in [2.75, 3.05) is 19.8 Å². The number of hydrogen-bond acceptors (Lipinski definition) is 4. The minimum Gasteiger partial charge on any atom is -0.490 e. The number of aromatic nitrogens is 1. The summed E-state index contributed by atoms with van der Waals surface area (Å²) in [5, 5.41) is 0. The van der Waals surface area contributed by atoms with Crippen LogP contribution in [0.15, 0.2) is 18.3 Å². The molecule has 106 valence electrons. The normalized spacial score (nSPS) is 11.1. The summed E-state index contributed by atoms with van der Waals surface area (Å²) >= 11 is 0. The molecular formula is C15H23NO3. The SMILES string of the molecule is CC(C)C(=O)COCCOc1ccc(C(C)C)nc1. The molecule has 0 aliphatic heterocycles. The van der Waals surface area contributed by atoms with Crippen LogP contribution in [0.5, 0.6) is 5.75 Å². The summed E-state index contributed by atoms with van der Waals surface area (Å²) in [7, 11) is 0. The molecule has 0 saturated carbocycles. The molecule has 1 aromatic heterocycles. The molecule has 0 aliphatic rings. The third-order valence-corrected chi connectivity index (χ3v) is 2.74. The first-order valence-corrected chi connectivity index (χ1v) is 6.70. The Morgan fingerprint density at radius 3 is 2.47 bits per heavy atom. The fraction of sp³-hybridized carbons (Fsp3) is 0.600. The Morgan fingerprint density at radius 2 is 1.95 bits per heavy atom. The monoisotopic (exact) mass is 265 g/mol. The van der Waals surface area contributed by atoms with Gasteiger partial charge in [-0.15, -0.1) is 0 Å². The van der Waals surface area contributed by atoms with Crippen molar-refractivity contribution in [3.63, 3.8) is 0 Å². The second kappa shape index (κ2) is 7.89. The molecule has 0 spiro atoms. The molecule has 0 unspecified atom stereocenters. The van der Waals surface area contributed by atoms with Crippen LogP contribution in [0.3, 0.4) is 0 Å². The number of Topliss-reactive ketones (excluding diaryl/α,β-unsaturated/α-hetero) is 1. The van der Waals surface area contributed by atoms with Gasteiger partial charge in [0.2, 0.25) is 0 Å². The Bertz CT molecular complexity index is 385. The van der Waals surface area contributed by atoms with Crippen LogP contribution in [0, 0.1) is 5.92 Å². The van der Waals surface area contributed by atoms with Gasteiger partial charge in [0.15, 0.2) is 5.78 Å². The van der Waals surface area contributed by atoms with E-state index in [1.807, 2.05) is 26.0 Å². The summed E-state index contributed by atoms with van der Waals surface area (Å²) in [4.78, 5) is 15.6. The van der Waals surface area contributed by atoms with Crippen LogP contribution < -0.4 is 4.74 Å². The van der Waals surface area contributed by atoms with Crippen molar-refractivity contribution in [1.29, 1.82) is 0 Å². The summed E-state index contributed by atoms with van der Waals surface area (Å²) in [6, 6.07) is 3.87. The molecule has 0 fully saturated rings. The predicted octanol–water partition coefficient (Wildman–Crippen LogP) is 2.83. The number of nitrogens with zero attached hydrogens (tertiary/aromatic N) is 1. The quantitative estimate of drug-likeness (QED) is 0.678. The lowest BCUT2D eigenvalue weighted by molar-refractivity contribution is -0.126. The van der Waals surface area contributed by atoms with Crippen LogP contribution in [0.25, 0.3) is 0 Å². The van der Waals surface area contributed by atoms with Gasteiger partial charge in [-0.2, -0.15) is 0 Å². The maximum Gasteiger partial charge on any atom is 0.160 e. The Balaban J connectivity index is 2.21. The van der Waals surface area contributed by atoms with E-state index in [0.29, 0.717) is 19.1 Å². The van der Waals surface area contributed by atoms with E-state index in [9.17, 15) is 4.79 Å². The minimum absolute atomic E-state index is 0.0219. The van der Waals surface area contributed by atoms with Crippen LogP contribution in [0.1, 0.15) is 39.3 Å². The van der Waals surface area contributed by atoms with Crippen molar-refractivity contribution >= 4 is 5.78 Å². The highest BCUT2D eigenvalue weighted by atomic mass is 16.5. The largest absolute Gasteiger partial charge is 0.490 e. The number of carbonyl (C=O) groups excluding carboxylic acids is 1. The second-order valence-corrected chi connectivity index (χ2v) is 5.10. The molecule has 0 amide bonds. The standard InChI is InChI=1S/C15H23NO3/c1-11(2)14-6-5-13(9-16-14)19-8-7-18-10-15(17)12(3)4/h5-6,9,11-12H,7-8,10H2,1-4H3. The number of carbonyl (C=O) groups is 1. The first-order valence-electron chi connectivity index (χ1n) is 6.70. The lowest BCUT2D eigenvalue weighted by Crippen LogP contribution is -2.17. The molecule has 0 aliphatic carbocycles. The number of ether oxygens (including phenoxy) is 2. The highest BCUT2D eigenvalue weighted by Crippen LogP contribution is 2.15. The van der Waals surface area contributed by atoms with Crippen LogP contribution in [-0.4, -0.2) is 30.6 Å². The number of ketones is 1. The molecule has 1 rings (SSSR count). The lowest BCUT2D eigenvalue weighted by atomic mass is 10.1. The first kappa shape index (κ1) is 15.6. The van der Waals surface area contributed by atoms with Gasteiger partial charge >= 0.3 is 0 Å². The van der Waals surface area contributed by atoms with Gasteiger partial charge in [0.25, 0.3) is 0 Å². The highest BCUT2D eigenvalue weighted by Gasteiger charge is 2.06. The van der Waals surface area contributed by atoms with Crippen LogP contribution >= 0.6 is 0 Å². The Hall–Kier alpha value is -1.42. The van der Waals surface area contributed by atoms with Gasteiger partial charge < -0.3 is 9.47 Å². The van der Waals surface area contributed by atoms with Crippen molar-refractivity contribution in [2.45, 2.75) is 33.6 Å². The zero-order valence-corrected chi connectivity index (χ0v) is 12.2. The summed E-state index contributed by atoms with van der Waals surface area (Å²) < 4.78 is 10.7. The van der Waals surface area contributed by atoms with E-state index in [1.54, 1.807) is 6.20 Å². The van der Waals surface area contributed by atoms with E-state index in [1.165, 1.54) is 0 Å². The van der Waals surface area contributed by atoms with Crippen molar-refractivity contribution < 1.29 is 14.3 Å². The molecule has 0 atom stereocenters. The lowest BCUT2D eigenvalue weighted by Gasteiger charge is -2.09. The van der Waals surface area contributed by atoms with E-state index in [2.05, 4.69) is 18.8 Å². The molecule has 1 aromatic rings. The average molecular weight is 265 g/mol. The maximum atomic E-state index is 11.3. The first-order chi connectivity index (χ1) is 9.00. The molecule has 0 aromatic carbocycles. The fourth-order valence-corrected chi connectivity index (χ4v) is 1.38. The van der Waals surface area contributed by atoms with Gasteiger partial charge in [-0.25, -0.2) is 0 Å². The Labute approximate surface area is 115 Å². The molecule has 19 heavy (non-hydrogen) atoms. The van der Waals surface area contributed by atoms with Crippen molar-refractivity contribution in [3.05, 3.63) is 24.0 Å². The Kier molecular flexibility index (Phi) is 6.50. The second-order valence-electron chi connectivity index (χ2n) is 5.10. The van der Waals surface area contributed by atoms with Crippen LogP contribution in [0.4, 0.5) is 0 Å². The molecule has 4 heteroatoms. The topological polar surface area (TPSA) is 48.4 Å². The van der Waals surface area contributed by atoms with Crippen molar-refractivity contribution in [2.24, 2.45) is 5.92 Å². The summed E-state index contributed by atoms with van der Waals surface area (Å²) in [5.41, 5.74) is 1.05. The highest BCUT2D eigenvalue weighted by molar-refractivity contribution is 5.81. The number of hydrogen-bond donors (Lipinski definition) is 0. The third-order valence-electron chi connectivity index (χ3n) is 2.74. The van der Waals surface area contributed by atoms with Crippen molar-refractivity contribution in [3.8, 4) is 5.75 Å². The molecule has 0 radical (unpaired) electrons. The van der Waals surface area contributed by atoms with Gasteiger partial charge in [-0.05, 0) is 18.1 Å². The van der Waals surface area contributed by atoms with Gasteiger partial charge in [0, 0.05) is 11.6 Å². The molecular weight excluding hydrogens is 242 g/mol. The number of pyridine rings is 1. The molecule has 0 bridgehead atoms. The van der Waals surface area contributed by atoms with E-state index >= 15 is 0 Å². The van der Waals surface area contributed by atoms with Gasteiger partial charge in [0.05, 0.1) is 12.8 Å². The molecule has 0 N–H and O–H groups in total. The molecule has 0 saturated heterocycles. The van der Waals surface area contributed by atoms with Crippen LogP contribution in [-0.2, 0) is 9.53 Å². The zero-order chi connectivity index (χ0) is 14.3. The number of rotatable bonds is 8. The Morgan fingerprint density at radius 1 is 1.21 bits per heavy atom. The van der Waals surface area contributed by atoms with E-state index in [0.717, 1.165) is 11.4 Å². The third kappa shape index (κ3) is 5.83. The summed E-state index contributed by atoms with van der Waals surface area (Å²) in [6.07, 6.45) is 1.72. The zero-order valence-electron chi connectivity index (χ0n) is 12.2. The molecule has 4 nitrogen and oxygen atoms in total. The van der Waals surface area contributed by atoms with Gasteiger partial charge in [-0.3, -0.25) is 9.78 Å². The maximum absolute atomic E-state index is 11.3. The average Bonchev–Trinajstić information content (AvgIpc) is 2.38. The van der Waals surface area contributed by atoms with Crippen LogP contribution in [0.2, 0.25) is 0 Å². The summed E-state index contributed by atoms with van der Waals surface area (Å²) in [6.45, 7) is 8.92. The molecule has 1 heterocycles. The smallest absolute Gasteiger partial charge is 0.160 e. The van der Waals surface area contributed by atoms with E-state index < -0.39 is 0 Å². The fourth-order valence-electron chi connectivity index (χ4n) is 1.38. The van der Waals surface area contributed by atoms with Gasteiger partial charge in [-0.1, -0.05) is 27.7 Å². The summed E-state index contributed by atoms with van der Waals surface area (Å²) in [5.74, 6) is 1.28. The van der Waals surface area contributed by atoms with E-state index in [4.69, 9.17) is 9.47 Å². The van der Waals surface area contributed by atoms with Crippen molar-refractivity contribution in [1.82, 2.24) is 4.98 Å². The van der Waals surface area contributed by atoms with E-state index in [-0.39, 0.29) is 18.3 Å². The minimum atomic E-state index is 0.0219.